The van der Waals surface area contributed by atoms with E-state index in [-0.39, 0.29) is 17.6 Å². The van der Waals surface area contributed by atoms with Crippen LogP contribution in [0.2, 0.25) is 0 Å². The molecule has 0 aliphatic rings. The molecule has 2 rings (SSSR count). The maximum absolute atomic E-state index is 12.4. The second kappa shape index (κ2) is 6.99. The third-order valence-electron chi connectivity index (χ3n) is 3.01. The Morgan fingerprint density at radius 3 is 2.81 bits per heavy atom. The van der Waals surface area contributed by atoms with Crippen molar-refractivity contribution in [2.24, 2.45) is 0 Å². The van der Waals surface area contributed by atoms with Gasteiger partial charge in [0.25, 0.3) is 11.6 Å². The van der Waals surface area contributed by atoms with Crippen LogP contribution in [0.1, 0.15) is 34.6 Å². The van der Waals surface area contributed by atoms with Gasteiger partial charge < -0.3 is 5.32 Å². The van der Waals surface area contributed by atoms with Crippen LogP contribution in [0, 0.1) is 13.7 Å². The quantitative estimate of drug-likeness (QED) is 0.453. The summed E-state index contributed by atoms with van der Waals surface area (Å²) in [4.78, 5) is 23.8. The van der Waals surface area contributed by atoms with Gasteiger partial charge in [0.1, 0.15) is 0 Å². The molecule has 0 bridgehead atoms. The zero-order valence-electron chi connectivity index (χ0n) is 11.2. The number of amides is 1. The fraction of sp³-hybridized carbons (Fsp3) is 0.214. The fourth-order valence-electron chi connectivity index (χ4n) is 1.90. The van der Waals surface area contributed by atoms with Crippen molar-refractivity contribution in [1.82, 2.24) is 5.32 Å². The van der Waals surface area contributed by atoms with Crippen LogP contribution in [-0.2, 0) is 0 Å². The first-order valence-corrected chi connectivity index (χ1v) is 8.27. The van der Waals surface area contributed by atoms with Gasteiger partial charge in [-0.05, 0) is 46.5 Å². The molecule has 1 aromatic carbocycles. The molecule has 0 aliphatic heterocycles. The lowest BCUT2D eigenvalue weighted by Crippen LogP contribution is -2.28. The summed E-state index contributed by atoms with van der Waals surface area (Å²) in [5, 5.41) is 15.7. The van der Waals surface area contributed by atoms with Crippen LogP contribution in [0.25, 0.3) is 0 Å². The highest BCUT2D eigenvalue weighted by molar-refractivity contribution is 14.1. The van der Waals surface area contributed by atoms with Crippen molar-refractivity contribution in [3.8, 4) is 0 Å². The summed E-state index contributed by atoms with van der Waals surface area (Å²) < 4.78 is 0.691. The van der Waals surface area contributed by atoms with Crippen molar-refractivity contribution in [2.75, 3.05) is 0 Å². The summed E-state index contributed by atoms with van der Waals surface area (Å²) in [6, 6.07) is 8.13. The zero-order valence-corrected chi connectivity index (χ0v) is 14.2. The average molecular weight is 416 g/mol. The Morgan fingerprint density at radius 1 is 1.48 bits per heavy atom. The third-order valence-corrected chi connectivity index (χ3v) is 4.93. The molecule has 1 aromatic heterocycles. The van der Waals surface area contributed by atoms with Gasteiger partial charge in [0.05, 0.1) is 16.5 Å². The van der Waals surface area contributed by atoms with Crippen molar-refractivity contribution in [3.05, 3.63) is 59.8 Å². The molecule has 0 saturated heterocycles. The first-order chi connectivity index (χ1) is 10.0. The summed E-state index contributed by atoms with van der Waals surface area (Å²) in [7, 11) is 0. The van der Waals surface area contributed by atoms with E-state index in [4.69, 9.17) is 0 Å². The number of nitrogens with one attached hydrogen (secondary N) is 1. The van der Waals surface area contributed by atoms with Crippen LogP contribution in [0.3, 0.4) is 0 Å². The second-order valence-corrected chi connectivity index (χ2v) is 6.51. The van der Waals surface area contributed by atoms with Crippen molar-refractivity contribution in [2.45, 2.75) is 19.4 Å². The van der Waals surface area contributed by atoms with Crippen LogP contribution in [-0.4, -0.2) is 10.8 Å². The Kier molecular flexibility index (Phi) is 5.29. The van der Waals surface area contributed by atoms with Gasteiger partial charge >= 0.3 is 0 Å². The molecule has 7 heteroatoms. The minimum absolute atomic E-state index is 0.0763. The van der Waals surface area contributed by atoms with Crippen LogP contribution in [0.4, 0.5) is 5.69 Å². The molecule has 1 heterocycles. The highest BCUT2D eigenvalue weighted by Crippen LogP contribution is 2.24. The number of hydrogen-bond donors (Lipinski definition) is 1. The maximum atomic E-state index is 12.4. The van der Waals surface area contributed by atoms with Gasteiger partial charge in [0, 0.05) is 20.6 Å². The highest BCUT2D eigenvalue weighted by atomic mass is 127. The monoisotopic (exact) mass is 416 g/mol. The van der Waals surface area contributed by atoms with Gasteiger partial charge in [-0.1, -0.05) is 13.0 Å². The topological polar surface area (TPSA) is 72.2 Å². The van der Waals surface area contributed by atoms with Gasteiger partial charge in [-0.15, -0.1) is 11.3 Å². The van der Waals surface area contributed by atoms with E-state index in [0.717, 1.165) is 11.3 Å². The van der Waals surface area contributed by atoms with Crippen molar-refractivity contribution in [3.63, 3.8) is 0 Å². The smallest absolute Gasteiger partial charge is 0.270 e. The molecule has 1 unspecified atom stereocenters. The van der Waals surface area contributed by atoms with Crippen LogP contribution < -0.4 is 5.32 Å². The number of nitro benzene ring substituents is 1. The molecule has 110 valence electrons. The lowest BCUT2D eigenvalue weighted by molar-refractivity contribution is -0.384. The maximum Gasteiger partial charge on any atom is 0.270 e. The number of carbonyl (C=O) groups excluding carboxylic acids is 1. The molecule has 0 radical (unpaired) electrons. The molecule has 21 heavy (non-hydrogen) atoms. The number of thiophene rings is 1. The predicted octanol–water partition coefficient (Wildman–Crippen LogP) is 4.14. The van der Waals surface area contributed by atoms with E-state index in [1.165, 1.54) is 12.1 Å². The van der Waals surface area contributed by atoms with Gasteiger partial charge in [-0.2, -0.15) is 0 Å². The molecule has 0 fully saturated rings. The molecule has 0 spiro atoms. The Morgan fingerprint density at radius 2 is 2.24 bits per heavy atom. The van der Waals surface area contributed by atoms with E-state index in [9.17, 15) is 14.9 Å². The number of nitro groups is 1. The number of halogens is 1. The standard InChI is InChI=1S/C14H13IN2O3S/c1-2-12(13-4-3-7-21-13)16-14(18)10-8-9(17(19)20)5-6-11(10)15/h3-8,12H,2H2,1H3,(H,16,18). The van der Waals surface area contributed by atoms with Gasteiger partial charge in [0.2, 0.25) is 0 Å². The summed E-state index contributed by atoms with van der Waals surface area (Å²) in [5.74, 6) is -0.289. The average Bonchev–Trinajstić information content (AvgIpc) is 2.98. The Labute approximate surface area is 139 Å². The van der Waals surface area contributed by atoms with Crippen molar-refractivity contribution >= 4 is 45.5 Å². The molecule has 0 saturated carbocycles. The van der Waals surface area contributed by atoms with Crippen molar-refractivity contribution < 1.29 is 9.72 Å². The van der Waals surface area contributed by atoms with E-state index in [0.29, 0.717) is 9.13 Å². The molecular weight excluding hydrogens is 403 g/mol. The molecular formula is C14H13IN2O3S. The van der Waals surface area contributed by atoms with Crippen molar-refractivity contribution in [1.29, 1.82) is 0 Å². The van der Waals surface area contributed by atoms with Crippen LogP contribution in [0.15, 0.2) is 35.7 Å². The third kappa shape index (κ3) is 3.79. The van der Waals surface area contributed by atoms with E-state index >= 15 is 0 Å². The molecule has 1 atom stereocenters. The predicted molar refractivity (Wildman–Crippen MR) is 90.6 cm³/mol. The van der Waals surface area contributed by atoms with E-state index in [2.05, 4.69) is 5.32 Å². The van der Waals surface area contributed by atoms with Crippen LogP contribution >= 0.6 is 33.9 Å². The Balaban J connectivity index is 2.23. The van der Waals surface area contributed by atoms with E-state index in [1.54, 1.807) is 17.4 Å². The van der Waals surface area contributed by atoms with E-state index < -0.39 is 4.92 Å². The number of rotatable bonds is 5. The van der Waals surface area contributed by atoms with E-state index in [1.807, 2.05) is 47.0 Å². The Bertz CT molecular complexity index is 658. The van der Waals surface area contributed by atoms with Gasteiger partial charge in [-0.25, -0.2) is 0 Å². The number of nitrogens with zero attached hydrogens (tertiary/aromatic N) is 1. The zero-order chi connectivity index (χ0) is 15.4. The first-order valence-electron chi connectivity index (χ1n) is 6.31. The summed E-state index contributed by atoms with van der Waals surface area (Å²) in [5.41, 5.74) is 0.254. The van der Waals surface area contributed by atoms with Gasteiger partial charge in [0.15, 0.2) is 0 Å². The SMILES string of the molecule is CCC(NC(=O)c1cc([N+](=O)[O-])ccc1I)c1cccs1. The molecule has 2 aromatic rings. The van der Waals surface area contributed by atoms with Crippen LogP contribution in [0.5, 0.6) is 0 Å². The molecule has 1 N–H and O–H groups in total. The summed E-state index contributed by atoms with van der Waals surface area (Å²) in [6.07, 6.45) is 0.762. The molecule has 1 amide bonds. The number of hydrogen-bond acceptors (Lipinski definition) is 4. The second-order valence-electron chi connectivity index (χ2n) is 4.37. The largest absolute Gasteiger partial charge is 0.344 e. The minimum atomic E-state index is -0.497. The summed E-state index contributed by atoms with van der Waals surface area (Å²) >= 11 is 3.59. The fourth-order valence-corrected chi connectivity index (χ4v) is 3.34. The number of benzene rings is 1. The van der Waals surface area contributed by atoms with Gasteiger partial charge in [-0.3, -0.25) is 14.9 Å². The number of non-ortho nitro benzene ring substituents is 1. The normalized spacial score (nSPS) is 11.9. The number of carbonyl (C=O) groups is 1. The first kappa shape index (κ1) is 15.9. The highest BCUT2D eigenvalue weighted by Gasteiger charge is 2.19. The summed E-state index contributed by atoms with van der Waals surface area (Å²) in [6.45, 7) is 1.99. The minimum Gasteiger partial charge on any atom is -0.344 e. The molecule has 5 nitrogen and oxygen atoms in total. The Hall–Kier alpha value is -1.48. The molecule has 0 aliphatic carbocycles. The lowest BCUT2D eigenvalue weighted by Gasteiger charge is -2.16. The lowest BCUT2D eigenvalue weighted by atomic mass is 10.1.